The first-order valence-electron chi connectivity index (χ1n) is 14.3. The van der Waals surface area contributed by atoms with Crippen LogP contribution in [0.1, 0.15) is 51.7 Å². The summed E-state index contributed by atoms with van der Waals surface area (Å²) < 4.78 is 19.1. The highest BCUT2D eigenvalue weighted by molar-refractivity contribution is 5.91. The minimum absolute atomic E-state index is 0.0107. The summed E-state index contributed by atoms with van der Waals surface area (Å²) in [6.45, 7) is 14.1. The SMILES string of the molecule is Cc1cc(N(C)C(=O)N2CCC(Nc3cccc(F)c3)CC2)ccc1CN1CCN(C(=O)OC(C)(C)C)[C@@H](C)C1. The molecule has 3 amide bonds. The van der Waals surface area contributed by atoms with Crippen LogP contribution in [-0.2, 0) is 11.3 Å². The highest BCUT2D eigenvalue weighted by Gasteiger charge is 2.31. The third-order valence-corrected chi connectivity index (χ3v) is 7.69. The van der Waals surface area contributed by atoms with E-state index in [0.717, 1.165) is 49.4 Å². The van der Waals surface area contributed by atoms with Gasteiger partial charge in [0, 0.05) is 69.8 Å². The average molecular weight is 554 g/mol. The van der Waals surface area contributed by atoms with E-state index in [1.54, 1.807) is 11.0 Å². The summed E-state index contributed by atoms with van der Waals surface area (Å²) in [5.41, 5.74) is 3.49. The molecule has 2 aliphatic heterocycles. The lowest BCUT2D eigenvalue weighted by atomic mass is 10.0. The van der Waals surface area contributed by atoms with Crippen molar-refractivity contribution in [3.8, 4) is 0 Å². The molecule has 2 aliphatic rings. The minimum atomic E-state index is -0.501. The molecular formula is C31H44FN5O3. The Kier molecular flexibility index (Phi) is 9.23. The Hall–Kier alpha value is -3.33. The Bertz CT molecular complexity index is 1190. The number of aryl methyl sites for hydroxylation is 1. The maximum absolute atomic E-state index is 13.5. The Morgan fingerprint density at radius 2 is 1.80 bits per heavy atom. The zero-order valence-electron chi connectivity index (χ0n) is 24.7. The smallest absolute Gasteiger partial charge is 0.410 e. The fourth-order valence-corrected chi connectivity index (χ4v) is 5.43. The number of nitrogens with zero attached hydrogens (tertiary/aromatic N) is 4. The minimum Gasteiger partial charge on any atom is -0.444 e. The van der Waals surface area contributed by atoms with Gasteiger partial charge in [-0.2, -0.15) is 0 Å². The number of nitrogens with one attached hydrogen (secondary N) is 1. The van der Waals surface area contributed by atoms with E-state index in [9.17, 15) is 14.0 Å². The van der Waals surface area contributed by atoms with Gasteiger partial charge in [0.05, 0.1) is 0 Å². The summed E-state index contributed by atoms with van der Waals surface area (Å²) in [5, 5.41) is 3.39. The summed E-state index contributed by atoms with van der Waals surface area (Å²) in [4.78, 5) is 33.6. The van der Waals surface area contributed by atoms with Crippen LogP contribution in [0.4, 0.5) is 25.4 Å². The number of urea groups is 1. The largest absolute Gasteiger partial charge is 0.444 e. The Morgan fingerprint density at radius 1 is 1.07 bits per heavy atom. The van der Waals surface area contributed by atoms with E-state index in [1.807, 2.05) is 49.8 Å². The van der Waals surface area contributed by atoms with Gasteiger partial charge in [-0.25, -0.2) is 14.0 Å². The molecule has 0 aromatic heterocycles. The molecule has 4 rings (SSSR count). The molecule has 40 heavy (non-hydrogen) atoms. The molecule has 2 heterocycles. The van der Waals surface area contributed by atoms with Gasteiger partial charge in [-0.3, -0.25) is 9.80 Å². The van der Waals surface area contributed by atoms with Crippen molar-refractivity contribution in [1.82, 2.24) is 14.7 Å². The van der Waals surface area contributed by atoms with Crippen molar-refractivity contribution in [1.29, 1.82) is 0 Å². The quantitative estimate of drug-likeness (QED) is 0.514. The molecular weight excluding hydrogens is 509 g/mol. The number of benzene rings is 2. The Labute approximate surface area is 238 Å². The number of hydrogen-bond donors (Lipinski definition) is 1. The monoisotopic (exact) mass is 553 g/mol. The molecule has 0 unspecified atom stereocenters. The molecule has 0 aliphatic carbocycles. The maximum Gasteiger partial charge on any atom is 0.410 e. The fourth-order valence-electron chi connectivity index (χ4n) is 5.43. The number of anilines is 2. The normalized spacial score (nSPS) is 18.9. The second-order valence-electron chi connectivity index (χ2n) is 12.1. The van der Waals surface area contributed by atoms with Crippen molar-refractivity contribution in [2.45, 2.75) is 71.7 Å². The van der Waals surface area contributed by atoms with E-state index in [1.165, 1.54) is 17.7 Å². The van der Waals surface area contributed by atoms with Crippen LogP contribution in [0.15, 0.2) is 42.5 Å². The molecule has 1 N–H and O–H groups in total. The number of piperazine rings is 1. The van der Waals surface area contributed by atoms with Crippen molar-refractivity contribution in [2.24, 2.45) is 0 Å². The first-order chi connectivity index (χ1) is 18.9. The highest BCUT2D eigenvalue weighted by atomic mass is 19.1. The van der Waals surface area contributed by atoms with Crippen molar-refractivity contribution in [3.63, 3.8) is 0 Å². The van der Waals surface area contributed by atoms with Crippen LogP contribution in [0.2, 0.25) is 0 Å². The second-order valence-corrected chi connectivity index (χ2v) is 12.1. The molecule has 8 nitrogen and oxygen atoms in total. The zero-order valence-corrected chi connectivity index (χ0v) is 24.7. The van der Waals surface area contributed by atoms with E-state index in [-0.39, 0.29) is 30.0 Å². The van der Waals surface area contributed by atoms with Crippen molar-refractivity contribution in [2.75, 3.05) is 50.0 Å². The number of piperidine rings is 1. The van der Waals surface area contributed by atoms with Crippen LogP contribution < -0.4 is 10.2 Å². The van der Waals surface area contributed by atoms with Gasteiger partial charge in [-0.05, 0) is 88.9 Å². The number of likely N-dealkylation sites (tertiary alicyclic amines) is 1. The van der Waals surface area contributed by atoms with Crippen LogP contribution in [-0.4, -0.2) is 84.3 Å². The zero-order chi connectivity index (χ0) is 29.0. The molecule has 0 radical (unpaired) electrons. The van der Waals surface area contributed by atoms with Crippen LogP contribution in [0, 0.1) is 12.7 Å². The maximum atomic E-state index is 13.5. The van der Waals surface area contributed by atoms with E-state index in [4.69, 9.17) is 4.74 Å². The molecule has 2 aromatic carbocycles. The van der Waals surface area contributed by atoms with Gasteiger partial charge in [-0.1, -0.05) is 12.1 Å². The van der Waals surface area contributed by atoms with Crippen molar-refractivity contribution < 1.29 is 18.7 Å². The molecule has 218 valence electrons. The molecule has 2 fully saturated rings. The predicted octanol–water partition coefficient (Wildman–Crippen LogP) is 5.71. The van der Waals surface area contributed by atoms with E-state index < -0.39 is 5.60 Å². The number of ether oxygens (including phenoxy) is 1. The average Bonchev–Trinajstić information content (AvgIpc) is 2.88. The number of halogens is 1. The van der Waals surface area contributed by atoms with Gasteiger partial charge in [-0.15, -0.1) is 0 Å². The van der Waals surface area contributed by atoms with Crippen molar-refractivity contribution in [3.05, 3.63) is 59.4 Å². The number of carbonyl (C=O) groups excluding carboxylic acids is 2. The first kappa shape index (κ1) is 29.6. The van der Waals surface area contributed by atoms with Crippen LogP contribution in [0.25, 0.3) is 0 Å². The van der Waals surface area contributed by atoms with Gasteiger partial charge < -0.3 is 19.9 Å². The van der Waals surface area contributed by atoms with E-state index in [0.29, 0.717) is 19.6 Å². The Balaban J connectivity index is 1.28. The van der Waals surface area contributed by atoms with Gasteiger partial charge in [0.15, 0.2) is 0 Å². The summed E-state index contributed by atoms with van der Waals surface area (Å²) in [7, 11) is 1.82. The van der Waals surface area contributed by atoms with Crippen molar-refractivity contribution >= 4 is 23.5 Å². The molecule has 0 saturated carbocycles. The first-order valence-corrected chi connectivity index (χ1v) is 14.3. The molecule has 2 saturated heterocycles. The Morgan fingerprint density at radius 3 is 2.42 bits per heavy atom. The number of hydrogen-bond acceptors (Lipinski definition) is 5. The lowest BCUT2D eigenvalue weighted by molar-refractivity contribution is 0.000530. The summed E-state index contributed by atoms with van der Waals surface area (Å²) in [6.07, 6.45) is 1.38. The third-order valence-electron chi connectivity index (χ3n) is 7.69. The van der Waals surface area contributed by atoms with E-state index >= 15 is 0 Å². The summed E-state index contributed by atoms with van der Waals surface area (Å²) in [5.74, 6) is -0.254. The van der Waals surface area contributed by atoms with Gasteiger partial charge in [0.25, 0.3) is 0 Å². The predicted molar refractivity (Wildman–Crippen MR) is 157 cm³/mol. The van der Waals surface area contributed by atoms with Gasteiger partial charge in [0.1, 0.15) is 11.4 Å². The van der Waals surface area contributed by atoms with E-state index in [2.05, 4.69) is 36.2 Å². The third kappa shape index (κ3) is 7.65. The summed E-state index contributed by atoms with van der Waals surface area (Å²) in [6, 6.07) is 13.0. The van der Waals surface area contributed by atoms with Crippen LogP contribution in [0.3, 0.4) is 0 Å². The fraction of sp³-hybridized carbons (Fsp3) is 0.548. The number of amides is 3. The molecule has 2 aromatic rings. The lowest BCUT2D eigenvalue weighted by Crippen LogP contribution is -2.54. The standard InChI is InChI=1S/C31H44FN5O3/c1-22-18-28(11-10-24(22)21-35-16-17-37(23(2)20-35)30(39)40-31(3,4)5)34(6)29(38)36-14-12-26(13-15-36)33-27-9-7-8-25(32)19-27/h7-11,18-19,23,26,33H,12-17,20-21H2,1-6H3/t23-/m0/s1. The van der Waals surface area contributed by atoms with Crippen LogP contribution in [0.5, 0.6) is 0 Å². The van der Waals surface area contributed by atoms with Gasteiger partial charge in [0.2, 0.25) is 0 Å². The molecule has 0 spiro atoms. The molecule has 0 bridgehead atoms. The number of rotatable bonds is 5. The second kappa shape index (κ2) is 12.5. The highest BCUT2D eigenvalue weighted by Crippen LogP contribution is 2.24. The lowest BCUT2D eigenvalue weighted by Gasteiger charge is -2.40. The summed E-state index contributed by atoms with van der Waals surface area (Å²) >= 11 is 0. The van der Waals surface area contributed by atoms with Crippen LogP contribution >= 0.6 is 0 Å². The van der Waals surface area contributed by atoms with Gasteiger partial charge >= 0.3 is 12.1 Å². The topological polar surface area (TPSA) is 68.4 Å². The molecule has 1 atom stereocenters. The number of carbonyl (C=O) groups is 2. The molecule has 9 heteroatoms.